The van der Waals surface area contributed by atoms with Gasteiger partial charge in [-0.2, -0.15) is 0 Å². The molecule has 0 spiro atoms. The number of nitrogens with two attached hydrogens (primary N) is 1. The van der Waals surface area contributed by atoms with Crippen molar-refractivity contribution in [2.45, 2.75) is 46.3 Å². The number of ether oxygens (including phenoxy) is 1. The molecule has 0 aliphatic carbocycles. The van der Waals surface area contributed by atoms with E-state index in [1.165, 1.54) is 10.4 Å². The highest BCUT2D eigenvalue weighted by atomic mass is 32.1. The van der Waals surface area contributed by atoms with Gasteiger partial charge in [0.25, 0.3) is 0 Å². The molecule has 0 bridgehead atoms. The average Bonchev–Trinajstić information content (AvgIpc) is 2.58. The molecular formula is C13H23NOS. The van der Waals surface area contributed by atoms with Gasteiger partial charge in [-0.3, -0.25) is 0 Å². The number of thiophene rings is 1. The van der Waals surface area contributed by atoms with E-state index in [9.17, 15) is 0 Å². The summed E-state index contributed by atoms with van der Waals surface area (Å²) in [5.41, 5.74) is 7.28. The normalized spacial score (nSPS) is 15.4. The van der Waals surface area contributed by atoms with Gasteiger partial charge in [-0.1, -0.05) is 13.8 Å². The third-order valence-corrected chi connectivity index (χ3v) is 3.71. The maximum Gasteiger partial charge on any atom is 0.107 e. The lowest BCUT2D eigenvalue weighted by molar-refractivity contribution is 0.0341. The van der Waals surface area contributed by atoms with Gasteiger partial charge in [0.2, 0.25) is 0 Å². The van der Waals surface area contributed by atoms with Gasteiger partial charge in [0.15, 0.2) is 0 Å². The first-order valence-electron chi connectivity index (χ1n) is 5.93. The van der Waals surface area contributed by atoms with Gasteiger partial charge in [0.1, 0.15) is 6.10 Å². The fourth-order valence-corrected chi connectivity index (χ4v) is 2.66. The van der Waals surface area contributed by atoms with Crippen molar-refractivity contribution < 1.29 is 4.74 Å². The Labute approximate surface area is 103 Å². The van der Waals surface area contributed by atoms with E-state index < -0.39 is 0 Å². The second kappa shape index (κ2) is 6.38. The van der Waals surface area contributed by atoms with E-state index >= 15 is 0 Å². The van der Waals surface area contributed by atoms with E-state index in [1.807, 2.05) is 6.92 Å². The molecule has 16 heavy (non-hydrogen) atoms. The average molecular weight is 241 g/mol. The van der Waals surface area contributed by atoms with Crippen molar-refractivity contribution in [1.82, 2.24) is 0 Å². The molecule has 2 unspecified atom stereocenters. The van der Waals surface area contributed by atoms with E-state index in [2.05, 4.69) is 32.2 Å². The summed E-state index contributed by atoms with van der Waals surface area (Å²) in [7, 11) is 0. The van der Waals surface area contributed by atoms with Gasteiger partial charge in [-0.05, 0) is 43.2 Å². The minimum absolute atomic E-state index is 0.0458. The Morgan fingerprint density at radius 3 is 2.50 bits per heavy atom. The zero-order valence-corrected chi connectivity index (χ0v) is 11.5. The number of aryl methyl sites for hydroxylation is 1. The van der Waals surface area contributed by atoms with E-state index in [4.69, 9.17) is 10.5 Å². The summed E-state index contributed by atoms with van der Waals surface area (Å²) < 4.78 is 5.93. The molecule has 0 aromatic carbocycles. The molecule has 1 rings (SSSR count). The Bertz CT molecular complexity index is 307. The smallest absolute Gasteiger partial charge is 0.107 e. The van der Waals surface area contributed by atoms with Crippen molar-refractivity contribution in [1.29, 1.82) is 0 Å². The number of hydrogen-bond acceptors (Lipinski definition) is 3. The van der Waals surface area contributed by atoms with Gasteiger partial charge in [0.05, 0.1) is 0 Å². The van der Waals surface area contributed by atoms with Crippen LogP contribution in [0.2, 0.25) is 0 Å². The van der Waals surface area contributed by atoms with Crippen LogP contribution in [-0.2, 0) is 4.74 Å². The molecule has 0 aliphatic heterocycles. The minimum Gasteiger partial charge on any atom is -0.371 e. The van der Waals surface area contributed by atoms with E-state index in [0.717, 1.165) is 13.0 Å². The summed E-state index contributed by atoms with van der Waals surface area (Å²) in [5, 5.41) is 2.10. The lowest BCUT2D eigenvalue weighted by atomic mass is 10.1. The third kappa shape index (κ3) is 3.89. The van der Waals surface area contributed by atoms with Crippen molar-refractivity contribution >= 4 is 11.3 Å². The van der Waals surface area contributed by atoms with Crippen LogP contribution in [-0.4, -0.2) is 12.6 Å². The molecule has 92 valence electrons. The largest absolute Gasteiger partial charge is 0.371 e. The van der Waals surface area contributed by atoms with Crippen LogP contribution in [0.5, 0.6) is 0 Å². The number of rotatable bonds is 6. The molecule has 0 radical (unpaired) electrons. The Kier molecular flexibility index (Phi) is 5.46. The summed E-state index contributed by atoms with van der Waals surface area (Å²) in [6.07, 6.45) is 1.15. The summed E-state index contributed by atoms with van der Waals surface area (Å²) in [6, 6.07) is 2.17. The van der Waals surface area contributed by atoms with Crippen molar-refractivity contribution in [3.8, 4) is 0 Å². The van der Waals surface area contributed by atoms with E-state index in [0.29, 0.717) is 5.92 Å². The van der Waals surface area contributed by atoms with Gasteiger partial charge in [-0.15, -0.1) is 11.3 Å². The maximum absolute atomic E-state index is 6.00. The molecule has 2 N–H and O–H groups in total. The Balaban J connectivity index is 2.59. The summed E-state index contributed by atoms with van der Waals surface area (Å²) in [5.74, 6) is 0.679. The van der Waals surface area contributed by atoms with Crippen LogP contribution in [0.4, 0.5) is 0 Å². The molecule has 1 aromatic heterocycles. The Morgan fingerprint density at radius 2 is 2.06 bits per heavy atom. The highest BCUT2D eigenvalue weighted by Gasteiger charge is 2.19. The molecule has 0 aliphatic rings. The zero-order chi connectivity index (χ0) is 12.1. The first-order chi connectivity index (χ1) is 7.52. The van der Waals surface area contributed by atoms with Crippen LogP contribution in [0.3, 0.4) is 0 Å². The molecule has 3 heteroatoms. The van der Waals surface area contributed by atoms with Crippen molar-refractivity contribution in [3.05, 3.63) is 21.9 Å². The molecule has 0 fully saturated rings. The maximum atomic E-state index is 6.00. The molecule has 2 atom stereocenters. The monoisotopic (exact) mass is 241 g/mol. The second-order valence-electron chi connectivity index (χ2n) is 4.80. The summed E-state index contributed by atoms with van der Waals surface area (Å²) in [6.45, 7) is 9.34. The predicted molar refractivity (Wildman–Crippen MR) is 70.9 cm³/mol. The SMILES string of the molecule is Cc1ccsc1C(OCCC(C)C)C(C)N. The van der Waals surface area contributed by atoms with Crippen LogP contribution >= 0.6 is 11.3 Å². The molecule has 1 heterocycles. The third-order valence-electron chi connectivity index (χ3n) is 2.63. The Hall–Kier alpha value is -0.380. The van der Waals surface area contributed by atoms with Gasteiger partial charge < -0.3 is 10.5 Å². The fourth-order valence-electron chi connectivity index (χ4n) is 1.57. The van der Waals surface area contributed by atoms with Crippen LogP contribution < -0.4 is 5.73 Å². The minimum atomic E-state index is 0.0458. The molecule has 0 saturated carbocycles. The van der Waals surface area contributed by atoms with Gasteiger partial charge in [0, 0.05) is 17.5 Å². The fraction of sp³-hybridized carbons (Fsp3) is 0.692. The summed E-state index contributed by atoms with van der Waals surface area (Å²) >= 11 is 1.74. The van der Waals surface area contributed by atoms with Crippen molar-refractivity contribution in [2.75, 3.05) is 6.61 Å². The number of hydrogen-bond donors (Lipinski definition) is 1. The van der Waals surface area contributed by atoms with Crippen molar-refractivity contribution in [3.63, 3.8) is 0 Å². The lowest BCUT2D eigenvalue weighted by Gasteiger charge is -2.21. The van der Waals surface area contributed by atoms with E-state index in [1.54, 1.807) is 11.3 Å². The van der Waals surface area contributed by atoms with Crippen LogP contribution in [0.15, 0.2) is 11.4 Å². The Morgan fingerprint density at radius 1 is 1.38 bits per heavy atom. The quantitative estimate of drug-likeness (QED) is 0.827. The first kappa shape index (κ1) is 13.7. The van der Waals surface area contributed by atoms with Gasteiger partial charge >= 0.3 is 0 Å². The summed E-state index contributed by atoms with van der Waals surface area (Å²) in [4.78, 5) is 1.28. The topological polar surface area (TPSA) is 35.2 Å². The first-order valence-corrected chi connectivity index (χ1v) is 6.81. The molecular weight excluding hydrogens is 218 g/mol. The second-order valence-corrected chi connectivity index (χ2v) is 5.75. The molecule has 0 saturated heterocycles. The zero-order valence-electron chi connectivity index (χ0n) is 10.7. The molecule has 0 amide bonds. The van der Waals surface area contributed by atoms with Crippen LogP contribution in [0.25, 0.3) is 0 Å². The van der Waals surface area contributed by atoms with Gasteiger partial charge in [-0.25, -0.2) is 0 Å². The highest BCUT2D eigenvalue weighted by molar-refractivity contribution is 7.10. The predicted octanol–water partition coefficient (Wildman–Crippen LogP) is 3.51. The van der Waals surface area contributed by atoms with Crippen LogP contribution in [0.1, 0.15) is 43.7 Å². The standard InChI is InChI=1S/C13H23NOS/c1-9(2)5-7-15-12(11(4)14)13-10(3)6-8-16-13/h6,8-9,11-12H,5,7,14H2,1-4H3. The highest BCUT2D eigenvalue weighted by Crippen LogP contribution is 2.29. The molecule has 1 aromatic rings. The van der Waals surface area contributed by atoms with Crippen molar-refractivity contribution in [2.24, 2.45) is 11.7 Å². The van der Waals surface area contributed by atoms with E-state index in [-0.39, 0.29) is 12.1 Å². The lowest BCUT2D eigenvalue weighted by Crippen LogP contribution is -2.27. The van der Waals surface area contributed by atoms with Crippen LogP contribution in [0, 0.1) is 12.8 Å². The molecule has 2 nitrogen and oxygen atoms in total.